The molecule has 1 unspecified atom stereocenters. The zero-order valence-corrected chi connectivity index (χ0v) is 11.5. The molecule has 3 nitrogen and oxygen atoms in total. The minimum atomic E-state index is -0.830. The highest BCUT2D eigenvalue weighted by atomic mass is 35.5. The molecule has 0 aromatic heterocycles. The van der Waals surface area contributed by atoms with Gasteiger partial charge in [-0.15, -0.1) is 0 Å². The number of benzene rings is 2. The van der Waals surface area contributed by atoms with E-state index in [4.69, 9.17) is 16.3 Å². The van der Waals surface area contributed by atoms with E-state index in [1.165, 1.54) is 19.2 Å². The summed E-state index contributed by atoms with van der Waals surface area (Å²) in [5.74, 6) is 0.0635. The van der Waals surface area contributed by atoms with Crippen LogP contribution in [0.25, 0.3) is 0 Å². The number of halogens is 2. The van der Waals surface area contributed by atoms with Crippen LogP contribution in [0.1, 0.15) is 11.6 Å². The molecule has 5 heteroatoms. The fourth-order valence-electron chi connectivity index (χ4n) is 1.83. The van der Waals surface area contributed by atoms with Gasteiger partial charge in [0.2, 0.25) is 0 Å². The molecule has 2 aromatic carbocycles. The van der Waals surface area contributed by atoms with Crippen LogP contribution in [0.3, 0.4) is 0 Å². The van der Waals surface area contributed by atoms with Crippen LogP contribution < -0.4 is 10.1 Å². The van der Waals surface area contributed by atoms with Crippen LogP contribution in [0.4, 0.5) is 10.1 Å². The summed E-state index contributed by atoms with van der Waals surface area (Å²) in [7, 11) is 1.53. The Hall–Kier alpha value is -2.25. The molecule has 0 radical (unpaired) electrons. The van der Waals surface area contributed by atoms with Crippen molar-refractivity contribution in [2.75, 3.05) is 12.4 Å². The quantitative estimate of drug-likeness (QED) is 0.919. The molecular weight excluding hydrogens is 279 g/mol. The lowest BCUT2D eigenvalue weighted by Crippen LogP contribution is -2.11. The maximum absolute atomic E-state index is 13.9. The van der Waals surface area contributed by atoms with E-state index in [9.17, 15) is 9.65 Å². The normalized spacial score (nSPS) is 11.5. The Morgan fingerprint density at radius 1 is 1.30 bits per heavy atom. The molecule has 0 heterocycles. The molecule has 20 heavy (non-hydrogen) atoms. The Morgan fingerprint density at radius 3 is 2.70 bits per heavy atom. The van der Waals surface area contributed by atoms with Gasteiger partial charge in [-0.2, -0.15) is 5.26 Å². The van der Waals surface area contributed by atoms with Gasteiger partial charge in [-0.1, -0.05) is 29.8 Å². The second kappa shape index (κ2) is 6.27. The Morgan fingerprint density at radius 2 is 2.05 bits per heavy atom. The van der Waals surface area contributed by atoms with Crippen LogP contribution in [0.15, 0.2) is 42.5 Å². The van der Waals surface area contributed by atoms with Crippen LogP contribution in [-0.4, -0.2) is 7.11 Å². The highest BCUT2D eigenvalue weighted by Gasteiger charge is 2.16. The van der Waals surface area contributed by atoms with E-state index >= 15 is 0 Å². The third kappa shape index (κ3) is 3.01. The molecular formula is C15H12ClFN2O. The first kappa shape index (κ1) is 14.2. The predicted molar refractivity (Wildman–Crippen MR) is 76.4 cm³/mol. The summed E-state index contributed by atoms with van der Waals surface area (Å²) in [6, 6.07) is 12.6. The third-order valence-electron chi connectivity index (χ3n) is 2.81. The van der Waals surface area contributed by atoms with E-state index < -0.39 is 11.9 Å². The molecule has 2 aromatic rings. The minimum absolute atomic E-state index is 0.239. The van der Waals surface area contributed by atoms with E-state index in [0.717, 1.165) is 0 Å². The lowest BCUT2D eigenvalue weighted by atomic mass is 10.1. The lowest BCUT2D eigenvalue weighted by molar-refractivity contribution is 0.416. The van der Waals surface area contributed by atoms with Crippen molar-refractivity contribution in [1.29, 1.82) is 5.26 Å². The molecule has 0 bridgehead atoms. The van der Waals surface area contributed by atoms with E-state index in [1.54, 1.807) is 24.3 Å². The summed E-state index contributed by atoms with van der Waals surface area (Å²) in [6.45, 7) is 0. The number of rotatable bonds is 4. The molecule has 1 N–H and O–H groups in total. The number of methoxy groups -OCH3 is 1. The van der Waals surface area contributed by atoms with Crippen molar-refractivity contribution >= 4 is 17.3 Å². The van der Waals surface area contributed by atoms with Crippen LogP contribution in [0, 0.1) is 17.1 Å². The highest BCUT2D eigenvalue weighted by Crippen LogP contribution is 2.29. The number of hydrogen-bond donors (Lipinski definition) is 1. The van der Waals surface area contributed by atoms with Crippen LogP contribution in [-0.2, 0) is 0 Å². The van der Waals surface area contributed by atoms with Crippen molar-refractivity contribution in [2.24, 2.45) is 0 Å². The van der Waals surface area contributed by atoms with Gasteiger partial charge in [0.1, 0.15) is 17.6 Å². The zero-order valence-electron chi connectivity index (χ0n) is 10.7. The molecule has 0 aliphatic carbocycles. The lowest BCUT2D eigenvalue weighted by Gasteiger charge is -2.16. The van der Waals surface area contributed by atoms with E-state index in [1.807, 2.05) is 12.1 Å². The summed E-state index contributed by atoms with van der Waals surface area (Å²) < 4.78 is 19.1. The summed E-state index contributed by atoms with van der Waals surface area (Å²) in [6.07, 6.45) is 0. The first-order valence-electron chi connectivity index (χ1n) is 5.90. The molecule has 1 atom stereocenters. The molecule has 0 aliphatic heterocycles. The van der Waals surface area contributed by atoms with Gasteiger partial charge in [0, 0.05) is 10.6 Å². The first-order valence-corrected chi connectivity index (χ1v) is 6.27. The Kier molecular flexibility index (Phi) is 4.44. The number of ether oxygens (including phenoxy) is 1. The monoisotopic (exact) mass is 290 g/mol. The number of para-hydroxylation sites is 2. The Labute approximate surface area is 121 Å². The minimum Gasteiger partial charge on any atom is -0.495 e. The fraction of sp³-hybridized carbons (Fsp3) is 0.133. The second-order valence-corrected chi connectivity index (χ2v) is 4.51. The largest absolute Gasteiger partial charge is 0.495 e. The van der Waals surface area contributed by atoms with Gasteiger partial charge in [0.05, 0.1) is 18.9 Å². The van der Waals surface area contributed by atoms with Gasteiger partial charge in [-0.05, 0) is 24.3 Å². The Balaban J connectivity index is 2.32. The third-order valence-corrected chi connectivity index (χ3v) is 3.04. The topological polar surface area (TPSA) is 45.0 Å². The molecule has 0 saturated heterocycles. The van der Waals surface area contributed by atoms with Gasteiger partial charge in [0.15, 0.2) is 0 Å². The van der Waals surface area contributed by atoms with Gasteiger partial charge < -0.3 is 10.1 Å². The van der Waals surface area contributed by atoms with Crippen LogP contribution in [0.2, 0.25) is 5.02 Å². The summed E-state index contributed by atoms with van der Waals surface area (Å²) in [4.78, 5) is 0. The molecule has 0 fully saturated rings. The van der Waals surface area contributed by atoms with Gasteiger partial charge in [0.25, 0.3) is 0 Å². The molecule has 0 saturated carbocycles. The van der Waals surface area contributed by atoms with Crippen molar-refractivity contribution in [2.45, 2.75) is 6.04 Å². The standard InChI is InChI=1S/C15H12ClFN2O/c1-20-15-5-3-2-4-13(15)19-14(9-18)11-7-6-10(16)8-12(11)17/h2-8,14,19H,1H3. The van der Waals surface area contributed by atoms with Crippen LogP contribution >= 0.6 is 11.6 Å². The second-order valence-electron chi connectivity index (χ2n) is 4.07. The summed E-state index contributed by atoms with van der Waals surface area (Å²) >= 11 is 5.71. The van der Waals surface area contributed by atoms with E-state index in [2.05, 4.69) is 5.32 Å². The Bertz CT molecular complexity index is 655. The van der Waals surface area contributed by atoms with Crippen molar-refractivity contribution < 1.29 is 9.13 Å². The van der Waals surface area contributed by atoms with Crippen LogP contribution in [0.5, 0.6) is 5.75 Å². The van der Waals surface area contributed by atoms with Gasteiger partial charge in [-0.25, -0.2) is 4.39 Å². The number of hydrogen-bond acceptors (Lipinski definition) is 3. The number of nitrogens with zero attached hydrogens (tertiary/aromatic N) is 1. The number of nitrogens with one attached hydrogen (secondary N) is 1. The number of nitriles is 1. The molecule has 0 aliphatic rings. The predicted octanol–water partition coefficient (Wildman–Crippen LogP) is 4.16. The molecule has 0 spiro atoms. The van der Waals surface area contributed by atoms with Crippen molar-refractivity contribution in [3.63, 3.8) is 0 Å². The van der Waals surface area contributed by atoms with E-state index in [0.29, 0.717) is 16.5 Å². The highest BCUT2D eigenvalue weighted by molar-refractivity contribution is 6.30. The number of anilines is 1. The smallest absolute Gasteiger partial charge is 0.143 e. The molecule has 2 rings (SSSR count). The average Bonchev–Trinajstić information content (AvgIpc) is 2.46. The maximum atomic E-state index is 13.9. The van der Waals surface area contributed by atoms with Crippen molar-refractivity contribution in [3.8, 4) is 11.8 Å². The maximum Gasteiger partial charge on any atom is 0.143 e. The van der Waals surface area contributed by atoms with Crippen molar-refractivity contribution in [3.05, 3.63) is 58.9 Å². The SMILES string of the molecule is COc1ccccc1NC(C#N)c1ccc(Cl)cc1F. The summed E-state index contributed by atoms with van der Waals surface area (Å²) in [5.41, 5.74) is 0.860. The first-order chi connectivity index (χ1) is 9.65. The molecule has 102 valence electrons. The summed E-state index contributed by atoms with van der Waals surface area (Å²) in [5, 5.41) is 12.5. The van der Waals surface area contributed by atoms with Gasteiger partial charge >= 0.3 is 0 Å². The zero-order chi connectivity index (χ0) is 14.5. The van der Waals surface area contributed by atoms with E-state index in [-0.39, 0.29) is 5.56 Å². The fourth-order valence-corrected chi connectivity index (χ4v) is 1.99. The molecule has 0 amide bonds. The van der Waals surface area contributed by atoms with Gasteiger partial charge in [-0.3, -0.25) is 0 Å². The van der Waals surface area contributed by atoms with Crippen molar-refractivity contribution in [1.82, 2.24) is 0 Å². The average molecular weight is 291 g/mol.